The van der Waals surface area contributed by atoms with E-state index in [0.717, 1.165) is 26.2 Å². The Labute approximate surface area is 121 Å². The van der Waals surface area contributed by atoms with Crippen LogP contribution < -0.4 is 4.90 Å². The Bertz CT molecular complexity index is 422. The summed E-state index contributed by atoms with van der Waals surface area (Å²) in [4.78, 5) is 4.64. The quantitative estimate of drug-likeness (QED) is 0.615. The third-order valence-corrected chi connectivity index (χ3v) is 3.46. The first kappa shape index (κ1) is 14.9. The minimum atomic E-state index is -0.466. The first-order valence-corrected chi connectivity index (χ1v) is 7.01. The largest absolute Gasteiger partial charge is 0.389 e. The molecule has 4 nitrogen and oxygen atoms in total. The number of terminal acetylenes is 1. The first-order chi connectivity index (χ1) is 9.79. The van der Waals surface area contributed by atoms with Gasteiger partial charge in [-0.15, -0.1) is 6.42 Å². The van der Waals surface area contributed by atoms with E-state index in [-0.39, 0.29) is 6.61 Å². The number of nitrogens with zero attached hydrogens (tertiary/aromatic N) is 2. The average molecular weight is 274 g/mol. The summed E-state index contributed by atoms with van der Waals surface area (Å²) in [6, 6.07) is 10.4. The lowest BCUT2D eigenvalue weighted by atomic mass is 10.2. The Morgan fingerprint density at radius 2 is 1.90 bits per heavy atom. The molecule has 1 aliphatic rings. The molecular weight excluding hydrogens is 252 g/mol. The molecule has 1 saturated heterocycles. The van der Waals surface area contributed by atoms with Gasteiger partial charge in [0.25, 0.3) is 0 Å². The summed E-state index contributed by atoms with van der Waals surface area (Å²) in [7, 11) is 0. The Morgan fingerprint density at radius 3 is 2.55 bits per heavy atom. The van der Waals surface area contributed by atoms with Gasteiger partial charge in [0.1, 0.15) is 6.61 Å². The molecule has 1 aromatic carbocycles. The van der Waals surface area contributed by atoms with E-state index in [9.17, 15) is 5.11 Å². The van der Waals surface area contributed by atoms with Crippen molar-refractivity contribution in [3.63, 3.8) is 0 Å². The smallest absolute Gasteiger partial charge is 0.107 e. The lowest BCUT2D eigenvalue weighted by Gasteiger charge is -2.36. The minimum Gasteiger partial charge on any atom is -0.389 e. The molecule has 1 N–H and O–H groups in total. The van der Waals surface area contributed by atoms with Gasteiger partial charge in [-0.3, -0.25) is 4.90 Å². The Kier molecular flexibility index (Phi) is 5.87. The standard InChI is InChI=1S/C16H22N2O2/c1-2-12-20-14-16(19)13-17-8-10-18(11-9-17)15-6-4-3-5-7-15/h1,3-7,16,19H,8-14H2/t16-/m0/s1. The molecule has 20 heavy (non-hydrogen) atoms. The third-order valence-electron chi connectivity index (χ3n) is 3.46. The third kappa shape index (κ3) is 4.53. The molecule has 2 rings (SSSR count). The Balaban J connectivity index is 1.70. The first-order valence-electron chi connectivity index (χ1n) is 7.01. The van der Waals surface area contributed by atoms with E-state index < -0.39 is 6.10 Å². The second kappa shape index (κ2) is 7.91. The van der Waals surface area contributed by atoms with Crippen LogP contribution in [0.15, 0.2) is 30.3 Å². The fourth-order valence-corrected chi connectivity index (χ4v) is 2.43. The lowest BCUT2D eigenvalue weighted by molar-refractivity contribution is 0.0267. The van der Waals surface area contributed by atoms with Crippen LogP contribution in [0.25, 0.3) is 0 Å². The number of rotatable bonds is 6. The monoisotopic (exact) mass is 274 g/mol. The van der Waals surface area contributed by atoms with Crippen molar-refractivity contribution in [2.45, 2.75) is 6.10 Å². The molecule has 0 radical (unpaired) electrons. The number of aliphatic hydroxyl groups excluding tert-OH is 1. The highest BCUT2D eigenvalue weighted by atomic mass is 16.5. The van der Waals surface area contributed by atoms with Crippen LogP contribution in [-0.4, -0.2) is 62.0 Å². The molecule has 0 saturated carbocycles. The summed E-state index contributed by atoms with van der Waals surface area (Å²) in [6.45, 7) is 5.11. The summed E-state index contributed by atoms with van der Waals surface area (Å²) in [5.74, 6) is 2.40. The predicted molar refractivity (Wildman–Crippen MR) is 80.8 cm³/mol. The molecule has 0 unspecified atom stereocenters. The SMILES string of the molecule is C#CCOC[C@@H](O)CN1CCN(c2ccccc2)CC1. The average Bonchev–Trinajstić information content (AvgIpc) is 2.49. The van der Waals surface area contributed by atoms with Crippen molar-refractivity contribution in [1.29, 1.82) is 0 Å². The number of hydrogen-bond acceptors (Lipinski definition) is 4. The maximum atomic E-state index is 9.86. The van der Waals surface area contributed by atoms with E-state index in [1.54, 1.807) is 0 Å². The molecule has 0 bridgehead atoms. The van der Waals surface area contributed by atoms with Crippen molar-refractivity contribution in [2.75, 3.05) is 50.8 Å². The molecule has 4 heteroatoms. The van der Waals surface area contributed by atoms with Gasteiger partial charge in [0.15, 0.2) is 0 Å². The maximum absolute atomic E-state index is 9.86. The number of anilines is 1. The highest BCUT2D eigenvalue weighted by Gasteiger charge is 2.19. The highest BCUT2D eigenvalue weighted by molar-refractivity contribution is 5.46. The summed E-state index contributed by atoms with van der Waals surface area (Å²) in [5, 5.41) is 9.86. The Hall–Kier alpha value is -1.54. The van der Waals surface area contributed by atoms with Gasteiger partial charge in [0, 0.05) is 38.4 Å². The zero-order chi connectivity index (χ0) is 14.2. The number of benzene rings is 1. The van der Waals surface area contributed by atoms with Gasteiger partial charge >= 0.3 is 0 Å². The van der Waals surface area contributed by atoms with E-state index in [4.69, 9.17) is 11.2 Å². The molecule has 0 aliphatic carbocycles. The second-order valence-corrected chi connectivity index (χ2v) is 5.00. The van der Waals surface area contributed by atoms with Crippen molar-refractivity contribution in [3.8, 4) is 12.3 Å². The second-order valence-electron chi connectivity index (χ2n) is 5.00. The summed E-state index contributed by atoms with van der Waals surface area (Å²) >= 11 is 0. The van der Waals surface area contributed by atoms with Crippen LogP contribution in [0.5, 0.6) is 0 Å². The fraction of sp³-hybridized carbons (Fsp3) is 0.500. The normalized spacial score (nSPS) is 17.7. The van der Waals surface area contributed by atoms with E-state index in [1.807, 2.05) is 6.07 Å². The topological polar surface area (TPSA) is 35.9 Å². The number of aliphatic hydroxyl groups is 1. The van der Waals surface area contributed by atoms with Crippen LogP contribution >= 0.6 is 0 Å². The summed E-state index contributed by atoms with van der Waals surface area (Å²) in [6.07, 6.45) is 4.63. The molecule has 1 atom stereocenters. The maximum Gasteiger partial charge on any atom is 0.107 e. The minimum absolute atomic E-state index is 0.263. The van der Waals surface area contributed by atoms with Gasteiger partial charge in [-0.1, -0.05) is 24.1 Å². The van der Waals surface area contributed by atoms with E-state index in [0.29, 0.717) is 13.2 Å². The van der Waals surface area contributed by atoms with Crippen LogP contribution in [0.1, 0.15) is 0 Å². The zero-order valence-corrected chi connectivity index (χ0v) is 11.7. The van der Waals surface area contributed by atoms with E-state index in [1.165, 1.54) is 5.69 Å². The van der Waals surface area contributed by atoms with Crippen LogP contribution in [0.4, 0.5) is 5.69 Å². The van der Waals surface area contributed by atoms with Crippen molar-refractivity contribution in [2.24, 2.45) is 0 Å². The van der Waals surface area contributed by atoms with Gasteiger partial charge in [0.2, 0.25) is 0 Å². The molecule has 0 aromatic heterocycles. The number of piperazine rings is 1. The Morgan fingerprint density at radius 1 is 1.20 bits per heavy atom. The zero-order valence-electron chi connectivity index (χ0n) is 11.7. The lowest BCUT2D eigenvalue weighted by Crippen LogP contribution is -2.49. The van der Waals surface area contributed by atoms with Crippen LogP contribution in [0.2, 0.25) is 0 Å². The molecule has 0 spiro atoms. The molecule has 1 fully saturated rings. The fourth-order valence-electron chi connectivity index (χ4n) is 2.43. The molecule has 1 heterocycles. The van der Waals surface area contributed by atoms with Crippen molar-refractivity contribution < 1.29 is 9.84 Å². The summed E-state index contributed by atoms with van der Waals surface area (Å²) in [5.41, 5.74) is 1.27. The van der Waals surface area contributed by atoms with Crippen molar-refractivity contribution >= 4 is 5.69 Å². The van der Waals surface area contributed by atoms with Crippen molar-refractivity contribution in [1.82, 2.24) is 4.90 Å². The van der Waals surface area contributed by atoms with Gasteiger partial charge in [-0.05, 0) is 12.1 Å². The molecule has 0 amide bonds. The van der Waals surface area contributed by atoms with E-state index >= 15 is 0 Å². The number of ether oxygens (including phenoxy) is 1. The highest BCUT2D eigenvalue weighted by Crippen LogP contribution is 2.15. The molecule has 1 aromatic rings. The van der Waals surface area contributed by atoms with Gasteiger partial charge < -0.3 is 14.7 Å². The van der Waals surface area contributed by atoms with Crippen LogP contribution in [-0.2, 0) is 4.74 Å². The summed E-state index contributed by atoms with van der Waals surface area (Å²) < 4.78 is 5.15. The number of β-amino-alcohol motifs (C(OH)–C–C–N with tert-alkyl or cyclic N) is 1. The molecule has 1 aliphatic heterocycles. The van der Waals surface area contributed by atoms with Crippen molar-refractivity contribution in [3.05, 3.63) is 30.3 Å². The molecule has 108 valence electrons. The van der Waals surface area contributed by atoms with Gasteiger partial charge in [0.05, 0.1) is 12.7 Å². The number of para-hydroxylation sites is 1. The molecular formula is C16H22N2O2. The number of hydrogen-bond donors (Lipinski definition) is 1. The van der Waals surface area contributed by atoms with Crippen LogP contribution in [0, 0.1) is 12.3 Å². The van der Waals surface area contributed by atoms with Gasteiger partial charge in [-0.2, -0.15) is 0 Å². The van der Waals surface area contributed by atoms with Crippen LogP contribution in [0.3, 0.4) is 0 Å². The van der Waals surface area contributed by atoms with Gasteiger partial charge in [-0.25, -0.2) is 0 Å². The van der Waals surface area contributed by atoms with E-state index in [2.05, 4.69) is 40.0 Å². The predicted octanol–water partition coefficient (Wildman–Crippen LogP) is 0.819.